The Kier molecular flexibility index (Phi) is 4.29. The first-order valence-corrected chi connectivity index (χ1v) is 5.35. The minimum absolute atomic E-state index is 0.167. The van der Waals surface area contributed by atoms with Crippen LogP contribution in [0.2, 0.25) is 0 Å². The highest BCUT2D eigenvalue weighted by molar-refractivity contribution is 14.1. The molecule has 0 nitrogen and oxygen atoms in total. The van der Waals surface area contributed by atoms with Crippen LogP contribution in [0.25, 0.3) is 0 Å². The third-order valence-corrected chi connectivity index (χ3v) is 2.91. The molecule has 0 saturated heterocycles. The Bertz CT molecular complexity index is 263. The lowest BCUT2D eigenvalue weighted by molar-refractivity contribution is 0.624. The van der Waals surface area contributed by atoms with Crippen molar-refractivity contribution in [2.45, 2.75) is 12.8 Å². The monoisotopic (exact) mass is 298 g/mol. The molecule has 0 atom stereocenters. The van der Waals surface area contributed by atoms with Gasteiger partial charge in [-0.25, -0.2) is 4.39 Å². The summed E-state index contributed by atoms with van der Waals surface area (Å²) in [6.45, 7) is 0. The highest BCUT2D eigenvalue weighted by Crippen LogP contribution is 2.15. The van der Waals surface area contributed by atoms with Gasteiger partial charge in [0.2, 0.25) is 0 Å². The van der Waals surface area contributed by atoms with Crippen LogP contribution in [0.3, 0.4) is 0 Å². The molecule has 0 heterocycles. The fraction of sp³-hybridized carbons (Fsp3) is 0.333. The molecule has 66 valence electrons. The van der Waals surface area contributed by atoms with E-state index in [4.69, 9.17) is 11.6 Å². The largest absolute Gasteiger partial charge is 0.207 e. The molecule has 1 rings (SSSR count). The summed E-state index contributed by atoms with van der Waals surface area (Å²) in [5, 5.41) is 0. The van der Waals surface area contributed by atoms with E-state index in [1.54, 1.807) is 12.1 Å². The van der Waals surface area contributed by atoms with Gasteiger partial charge in [0.15, 0.2) is 0 Å². The second kappa shape index (κ2) is 5.02. The Balaban J connectivity index is 2.75. The summed E-state index contributed by atoms with van der Waals surface area (Å²) in [4.78, 5) is 0. The van der Waals surface area contributed by atoms with E-state index in [1.165, 1.54) is 6.07 Å². The first-order valence-electron chi connectivity index (χ1n) is 3.74. The highest BCUT2D eigenvalue weighted by atomic mass is 127. The van der Waals surface area contributed by atoms with Crippen molar-refractivity contribution in [3.8, 4) is 0 Å². The van der Waals surface area contributed by atoms with Gasteiger partial charge in [0, 0.05) is 9.45 Å². The number of benzene rings is 1. The Morgan fingerprint density at radius 1 is 1.42 bits per heavy atom. The van der Waals surface area contributed by atoms with Crippen molar-refractivity contribution in [2.24, 2.45) is 0 Å². The second-order valence-electron chi connectivity index (χ2n) is 2.53. The predicted octanol–water partition coefficient (Wildman–Crippen LogP) is 3.60. The molecular weight excluding hydrogens is 289 g/mol. The van der Waals surface area contributed by atoms with Crippen LogP contribution in [0.4, 0.5) is 4.39 Å². The molecule has 0 radical (unpaired) electrons. The maximum Gasteiger partial charge on any atom is 0.123 e. The van der Waals surface area contributed by atoms with Crippen LogP contribution in [-0.4, -0.2) is 5.88 Å². The zero-order chi connectivity index (χ0) is 8.97. The van der Waals surface area contributed by atoms with Gasteiger partial charge < -0.3 is 0 Å². The normalized spacial score (nSPS) is 10.2. The lowest BCUT2D eigenvalue weighted by atomic mass is 10.1. The van der Waals surface area contributed by atoms with Gasteiger partial charge in [0.25, 0.3) is 0 Å². The molecule has 0 spiro atoms. The molecule has 3 heteroatoms. The Morgan fingerprint density at radius 3 is 2.83 bits per heavy atom. The molecule has 0 fully saturated rings. The standard InChI is InChI=1S/C9H9ClFI/c10-5-1-2-7-6-8(11)3-4-9(7)12/h3-4,6H,1-2,5H2. The third-order valence-electron chi connectivity index (χ3n) is 1.59. The summed E-state index contributed by atoms with van der Waals surface area (Å²) in [5.74, 6) is 0.465. The third kappa shape index (κ3) is 2.90. The summed E-state index contributed by atoms with van der Waals surface area (Å²) in [7, 11) is 0. The van der Waals surface area contributed by atoms with Crippen molar-refractivity contribution >= 4 is 34.2 Å². The van der Waals surface area contributed by atoms with Crippen molar-refractivity contribution in [1.29, 1.82) is 0 Å². The first kappa shape index (κ1) is 10.3. The van der Waals surface area contributed by atoms with Gasteiger partial charge >= 0.3 is 0 Å². The molecule has 1 aromatic carbocycles. The smallest absolute Gasteiger partial charge is 0.123 e. The van der Waals surface area contributed by atoms with Gasteiger partial charge in [0.05, 0.1) is 0 Å². The van der Waals surface area contributed by atoms with E-state index in [0.717, 1.165) is 22.0 Å². The maximum atomic E-state index is 12.7. The molecule has 0 aromatic heterocycles. The van der Waals surface area contributed by atoms with Crippen LogP contribution in [0.15, 0.2) is 18.2 Å². The number of hydrogen-bond acceptors (Lipinski definition) is 0. The minimum atomic E-state index is -0.167. The first-order chi connectivity index (χ1) is 5.74. The molecule has 1 aromatic rings. The molecule has 0 N–H and O–H groups in total. The van der Waals surface area contributed by atoms with Crippen LogP contribution in [0.1, 0.15) is 12.0 Å². The summed E-state index contributed by atoms with van der Waals surface area (Å²) >= 11 is 7.75. The van der Waals surface area contributed by atoms with Gasteiger partial charge in [0.1, 0.15) is 5.82 Å². The summed E-state index contributed by atoms with van der Waals surface area (Å²) in [5.41, 5.74) is 1.05. The van der Waals surface area contributed by atoms with Crippen molar-refractivity contribution in [2.75, 3.05) is 5.88 Å². The van der Waals surface area contributed by atoms with Gasteiger partial charge in [-0.05, 0) is 59.2 Å². The molecule has 0 bridgehead atoms. The summed E-state index contributed by atoms with van der Waals surface area (Å²) in [6, 6.07) is 4.85. The second-order valence-corrected chi connectivity index (χ2v) is 4.07. The van der Waals surface area contributed by atoms with E-state index in [2.05, 4.69) is 22.6 Å². The van der Waals surface area contributed by atoms with Gasteiger partial charge in [-0.2, -0.15) is 0 Å². The molecule has 0 aliphatic rings. The average Bonchev–Trinajstić information content (AvgIpc) is 2.07. The van der Waals surface area contributed by atoms with Crippen LogP contribution in [-0.2, 0) is 6.42 Å². The predicted molar refractivity (Wildman–Crippen MR) is 58.2 cm³/mol. The summed E-state index contributed by atoms with van der Waals surface area (Å²) < 4.78 is 13.8. The SMILES string of the molecule is Fc1ccc(I)c(CCCCl)c1. The van der Waals surface area contributed by atoms with E-state index < -0.39 is 0 Å². The number of aryl methyl sites for hydroxylation is 1. The van der Waals surface area contributed by atoms with Crippen molar-refractivity contribution < 1.29 is 4.39 Å². The summed E-state index contributed by atoms with van der Waals surface area (Å²) in [6.07, 6.45) is 1.76. The topological polar surface area (TPSA) is 0 Å². The van der Waals surface area contributed by atoms with E-state index >= 15 is 0 Å². The highest BCUT2D eigenvalue weighted by Gasteiger charge is 2.00. The average molecular weight is 299 g/mol. The quantitative estimate of drug-likeness (QED) is 0.591. The molecule has 0 aliphatic heterocycles. The lowest BCUT2D eigenvalue weighted by Gasteiger charge is -2.02. The molecular formula is C9H9ClFI. The van der Waals surface area contributed by atoms with E-state index in [1.807, 2.05) is 0 Å². The van der Waals surface area contributed by atoms with E-state index in [-0.39, 0.29) is 5.82 Å². The molecule has 0 saturated carbocycles. The molecule has 12 heavy (non-hydrogen) atoms. The van der Waals surface area contributed by atoms with Crippen molar-refractivity contribution in [1.82, 2.24) is 0 Å². The Labute approximate surface area is 90.3 Å². The van der Waals surface area contributed by atoms with Gasteiger partial charge in [-0.3, -0.25) is 0 Å². The van der Waals surface area contributed by atoms with Crippen LogP contribution >= 0.6 is 34.2 Å². The molecule has 0 unspecified atom stereocenters. The van der Waals surface area contributed by atoms with Crippen LogP contribution < -0.4 is 0 Å². The Hall–Kier alpha value is 0.170. The maximum absolute atomic E-state index is 12.7. The number of alkyl halides is 1. The van der Waals surface area contributed by atoms with E-state index in [0.29, 0.717) is 5.88 Å². The zero-order valence-electron chi connectivity index (χ0n) is 6.49. The Morgan fingerprint density at radius 2 is 2.17 bits per heavy atom. The van der Waals surface area contributed by atoms with Gasteiger partial charge in [-0.15, -0.1) is 11.6 Å². The fourth-order valence-corrected chi connectivity index (χ4v) is 1.73. The molecule has 0 amide bonds. The van der Waals surface area contributed by atoms with Crippen molar-refractivity contribution in [3.05, 3.63) is 33.1 Å². The van der Waals surface area contributed by atoms with Gasteiger partial charge in [-0.1, -0.05) is 0 Å². The van der Waals surface area contributed by atoms with Crippen LogP contribution in [0, 0.1) is 9.39 Å². The number of halogens is 3. The van der Waals surface area contributed by atoms with E-state index in [9.17, 15) is 4.39 Å². The number of hydrogen-bond donors (Lipinski definition) is 0. The zero-order valence-corrected chi connectivity index (χ0v) is 9.40. The van der Waals surface area contributed by atoms with Crippen molar-refractivity contribution in [3.63, 3.8) is 0 Å². The minimum Gasteiger partial charge on any atom is -0.207 e. The lowest BCUT2D eigenvalue weighted by Crippen LogP contribution is -1.91. The molecule has 0 aliphatic carbocycles. The fourth-order valence-electron chi connectivity index (χ4n) is 0.992. The van der Waals surface area contributed by atoms with Crippen LogP contribution in [0.5, 0.6) is 0 Å². The number of rotatable bonds is 3.